The van der Waals surface area contributed by atoms with Crippen LogP contribution in [-0.2, 0) is 0 Å². The van der Waals surface area contributed by atoms with E-state index in [1.807, 2.05) is 36.7 Å². The van der Waals surface area contributed by atoms with Gasteiger partial charge in [0.2, 0.25) is 5.71 Å². The van der Waals surface area contributed by atoms with E-state index >= 15 is 0 Å². The van der Waals surface area contributed by atoms with Gasteiger partial charge in [-0.3, -0.25) is 4.98 Å². The Kier molecular flexibility index (Phi) is 2.88. The lowest BCUT2D eigenvalue weighted by molar-refractivity contribution is 0.654. The molecule has 3 aromatic heterocycles. The Morgan fingerprint density at radius 1 is 0.593 bits per heavy atom. The van der Waals surface area contributed by atoms with Gasteiger partial charge in [-0.05, 0) is 34.7 Å². The molecule has 27 heavy (non-hydrogen) atoms. The molecule has 0 aliphatic carbocycles. The number of nitrogens with zero attached hydrogens (tertiary/aromatic N) is 2. The van der Waals surface area contributed by atoms with Crippen molar-refractivity contribution in [3.05, 3.63) is 85.2 Å². The summed E-state index contributed by atoms with van der Waals surface area (Å²) >= 11 is 0. The monoisotopic (exact) mass is 346 g/mol. The molecule has 126 valence electrons. The fourth-order valence-corrected chi connectivity index (χ4v) is 4.01. The number of hydrogen-bond donors (Lipinski definition) is 0. The summed E-state index contributed by atoms with van der Waals surface area (Å²) in [5.41, 5.74) is 4.86. The lowest BCUT2D eigenvalue weighted by Gasteiger charge is -2.10. The van der Waals surface area contributed by atoms with Crippen LogP contribution in [0.15, 0.2) is 89.6 Å². The van der Waals surface area contributed by atoms with Gasteiger partial charge in [-0.15, -0.1) is 0 Å². The topological polar surface area (TPSA) is 38.9 Å². The molecule has 3 heteroatoms. The Morgan fingerprint density at radius 3 is 2.52 bits per heavy atom. The van der Waals surface area contributed by atoms with Gasteiger partial charge in [0.15, 0.2) is 0 Å². The Hall–Kier alpha value is -3.72. The SMILES string of the molecule is c1cnc2c(c1)ccc1c(-c3ccnc4oc5ccccc5c34)cccc12. The highest BCUT2D eigenvalue weighted by atomic mass is 16.3. The van der Waals surface area contributed by atoms with Crippen LogP contribution in [0.2, 0.25) is 0 Å². The number of benzene rings is 3. The summed E-state index contributed by atoms with van der Waals surface area (Å²) in [7, 11) is 0. The van der Waals surface area contributed by atoms with Crippen molar-refractivity contribution in [2.24, 2.45) is 0 Å². The molecule has 3 aromatic carbocycles. The predicted molar refractivity (Wildman–Crippen MR) is 110 cm³/mol. The van der Waals surface area contributed by atoms with E-state index in [9.17, 15) is 0 Å². The normalized spacial score (nSPS) is 11.7. The summed E-state index contributed by atoms with van der Waals surface area (Å²) in [6, 6.07) is 25.0. The van der Waals surface area contributed by atoms with Gasteiger partial charge < -0.3 is 4.42 Å². The van der Waals surface area contributed by atoms with Gasteiger partial charge in [0.1, 0.15) is 5.58 Å². The van der Waals surface area contributed by atoms with E-state index in [1.165, 1.54) is 10.9 Å². The van der Waals surface area contributed by atoms with Crippen LogP contribution < -0.4 is 0 Å². The molecular weight excluding hydrogens is 332 g/mol. The van der Waals surface area contributed by atoms with Crippen LogP contribution in [0.3, 0.4) is 0 Å². The smallest absolute Gasteiger partial charge is 0.227 e. The van der Waals surface area contributed by atoms with Gasteiger partial charge in [0.25, 0.3) is 0 Å². The number of para-hydroxylation sites is 1. The van der Waals surface area contributed by atoms with Crippen LogP contribution in [0.5, 0.6) is 0 Å². The second-order valence-electron chi connectivity index (χ2n) is 6.68. The van der Waals surface area contributed by atoms with E-state index in [1.54, 1.807) is 0 Å². The molecule has 0 atom stereocenters. The van der Waals surface area contributed by atoms with E-state index < -0.39 is 0 Å². The summed E-state index contributed by atoms with van der Waals surface area (Å²) in [5, 5.41) is 5.63. The average molecular weight is 346 g/mol. The molecular formula is C24H14N2O. The van der Waals surface area contributed by atoms with Crippen molar-refractivity contribution in [1.29, 1.82) is 0 Å². The molecule has 0 radical (unpaired) electrons. The zero-order valence-corrected chi connectivity index (χ0v) is 14.4. The van der Waals surface area contributed by atoms with Gasteiger partial charge in [0, 0.05) is 28.6 Å². The third-order valence-electron chi connectivity index (χ3n) is 5.20. The molecule has 6 rings (SSSR count). The molecule has 0 fully saturated rings. The maximum atomic E-state index is 5.97. The summed E-state index contributed by atoms with van der Waals surface area (Å²) in [4.78, 5) is 9.07. The van der Waals surface area contributed by atoms with Crippen molar-refractivity contribution in [3.8, 4) is 11.1 Å². The Balaban J connectivity index is 1.77. The first-order chi connectivity index (χ1) is 13.4. The highest BCUT2D eigenvalue weighted by Crippen LogP contribution is 2.39. The van der Waals surface area contributed by atoms with Gasteiger partial charge >= 0.3 is 0 Å². The third kappa shape index (κ3) is 2.02. The largest absolute Gasteiger partial charge is 0.438 e. The van der Waals surface area contributed by atoms with Crippen LogP contribution in [0.4, 0.5) is 0 Å². The van der Waals surface area contributed by atoms with Crippen molar-refractivity contribution in [2.75, 3.05) is 0 Å². The fraction of sp³-hybridized carbons (Fsp3) is 0. The summed E-state index contributed by atoms with van der Waals surface area (Å²) in [6.45, 7) is 0. The Bertz CT molecular complexity index is 1480. The highest BCUT2D eigenvalue weighted by molar-refractivity contribution is 6.16. The zero-order valence-electron chi connectivity index (χ0n) is 14.4. The molecule has 0 unspecified atom stereocenters. The van der Waals surface area contributed by atoms with E-state index in [2.05, 4.69) is 58.5 Å². The molecule has 3 heterocycles. The van der Waals surface area contributed by atoms with Gasteiger partial charge in [-0.25, -0.2) is 4.98 Å². The number of hydrogen-bond acceptors (Lipinski definition) is 3. The molecule has 0 spiro atoms. The van der Waals surface area contributed by atoms with E-state index in [4.69, 9.17) is 4.42 Å². The maximum absolute atomic E-state index is 5.97. The van der Waals surface area contributed by atoms with Crippen LogP contribution in [0.1, 0.15) is 0 Å². The standard InChI is InChI=1S/C24H14N2O/c1-2-9-21-20(6-1)22-18(12-14-26-24(22)27-21)16-7-3-8-19-17(16)11-10-15-5-4-13-25-23(15)19/h1-14H. The second kappa shape index (κ2) is 5.39. The van der Waals surface area contributed by atoms with Gasteiger partial charge in [0.05, 0.1) is 10.9 Å². The van der Waals surface area contributed by atoms with Crippen LogP contribution in [-0.4, -0.2) is 9.97 Å². The van der Waals surface area contributed by atoms with Gasteiger partial charge in [-0.1, -0.05) is 54.6 Å². The first kappa shape index (κ1) is 14.4. The number of aromatic nitrogens is 2. The number of furan rings is 1. The van der Waals surface area contributed by atoms with Gasteiger partial charge in [-0.2, -0.15) is 0 Å². The Morgan fingerprint density at radius 2 is 1.52 bits per heavy atom. The van der Waals surface area contributed by atoms with E-state index in [0.29, 0.717) is 5.71 Å². The summed E-state index contributed by atoms with van der Waals surface area (Å²) in [6.07, 6.45) is 3.67. The predicted octanol–water partition coefficient (Wildman–Crippen LogP) is 6.35. The Labute approximate surface area is 154 Å². The van der Waals surface area contributed by atoms with Crippen molar-refractivity contribution < 1.29 is 4.42 Å². The lowest BCUT2D eigenvalue weighted by Crippen LogP contribution is -1.86. The zero-order chi connectivity index (χ0) is 17.8. The molecule has 0 amide bonds. The fourth-order valence-electron chi connectivity index (χ4n) is 4.01. The van der Waals surface area contributed by atoms with Crippen molar-refractivity contribution in [1.82, 2.24) is 9.97 Å². The van der Waals surface area contributed by atoms with Crippen LogP contribution in [0.25, 0.3) is 54.9 Å². The minimum atomic E-state index is 0.671. The third-order valence-corrected chi connectivity index (χ3v) is 5.20. The molecule has 0 bridgehead atoms. The molecule has 0 N–H and O–H groups in total. The number of fused-ring (bicyclic) bond motifs is 6. The number of pyridine rings is 2. The molecule has 0 saturated carbocycles. The first-order valence-electron chi connectivity index (χ1n) is 8.93. The maximum Gasteiger partial charge on any atom is 0.227 e. The lowest BCUT2D eigenvalue weighted by atomic mass is 9.94. The van der Waals surface area contributed by atoms with Crippen molar-refractivity contribution in [2.45, 2.75) is 0 Å². The number of rotatable bonds is 1. The van der Waals surface area contributed by atoms with E-state index in [-0.39, 0.29) is 0 Å². The summed E-state index contributed by atoms with van der Waals surface area (Å²) < 4.78 is 5.97. The molecule has 0 aliphatic heterocycles. The molecule has 0 aliphatic rings. The van der Waals surface area contributed by atoms with Crippen LogP contribution in [0, 0.1) is 0 Å². The molecule has 0 saturated heterocycles. The van der Waals surface area contributed by atoms with Crippen molar-refractivity contribution in [3.63, 3.8) is 0 Å². The van der Waals surface area contributed by atoms with E-state index in [0.717, 1.165) is 38.2 Å². The minimum Gasteiger partial charge on any atom is -0.438 e. The molecule has 6 aromatic rings. The van der Waals surface area contributed by atoms with Crippen molar-refractivity contribution >= 4 is 43.7 Å². The molecule has 3 nitrogen and oxygen atoms in total. The summed E-state index contributed by atoms with van der Waals surface area (Å²) in [5.74, 6) is 0. The highest BCUT2D eigenvalue weighted by Gasteiger charge is 2.15. The average Bonchev–Trinajstić information content (AvgIpc) is 3.12. The minimum absolute atomic E-state index is 0.671. The second-order valence-corrected chi connectivity index (χ2v) is 6.68. The first-order valence-corrected chi connectivity index (χ1v) is 8.93. The van der Waals surface area contributed by atoms with Crippen LogP contribution >= 0.6 is 0 Å². The quantitative estimate of drug-likeness (QED) is 0.326.